The van der Waals surface area contributed by atoms with Gasteiger partial charge in [-0.1, -0.05) is 60.7 Å². The zero-order valence-electron chi connectivity index (χ0n) is 16.1. The highest BCUT2D eigenvalue weighted by atomic mass is 16.5. The number of benzene rings is 3. The summed E-state index contributed by atoms with van der Waals surface area (Å²) in [6, 6.07) is 26.1. The first kappa shape index (κ1) is 19.3. The van der Waals surface area contributed by atoms with Crippen molar-refractivity contribution in [2.24, 2.45) is 10.7 Å². The molecule has 0 aromatic heterocycles. The summed E-state index contributed by atoms with van der Waals surface area (Å²) in [6.45, 7) is 0.527. The van der Waals surface area contributed by atoms with Crippen molar-refractivity contribution in [3.05, 3.63) is 90.0 Å². The molecule has 144 valence electrons. The van der Waals surface area contributed by atoms with Gasteiger partial charge in [0.05, 0.1) is 26.5 Å². The third kappa shape index (κ3) is 4.82. The number of nitrogens with two attached hydrogens (primary N) is 1. The molecular weight excluding hydrogens is 350 g/mol. The average Bonchev–Trinajstić information content (AvgIpc) is 2.75. The van der Waals surface area contributed by atoms with E-state index in [0.717, 1.165) is 0 Å². The second kappa shape index (κ2) is 9.46. The van der Waals surface area contributed by atoms with Crippen molar-refractivity contribution in [2.45, 2.75) is 5.92 Å². The molecule has 0 saturated carbocycles. The molecule has 0 amide bonds. The topological polar surface area (TPSA) is 68.9 Å². The lowest BCUT2D eigenvalue weighted by molar-refractivity contribution is 0.405. The summed E-state index contributed by atoms with van der Waals surface area (Å²) < 4.78 is 10.7. The van der Waals surface area contributed by atoms with Gasteiger partial charge in [-0.25, -0.2) is 0 Å². The van der Waals surface area contributed by atoms with Gasteiger partial charge in [0.15, 0.2) is 5.96 Å². The molecule has 0 bridgehead atoms. The van der Waals surface area contributed by atoms with E-state index in [2.05, 4.69) is 34.6 Å². The summed E-state index contributed by atoms with van der Waals surface area (Å²) in [5.41, 5.74) is 9.27. The lowest BCUT2D eigenvalue weighted by Gasteiger charge is -2.17. The van der Waals surface area contributed by atoms with E-state index >= 15 is 0 Å². The van der Waals surface area contributed by atoms with Crippen LogP contribution in [-0.4, -0.2) is 26.7 Å². The Morgan fingerprint density at radius 3 is 2.04 bits per heavy atom. The van der Waals surface area contributed by atoms with Gasteiger partial charge in [-0.2, -0.15) is 0 Å². The number of ether oxygens (including phenoxy) is 2. The van der Waals surface area contributed by atoms with Gasteiger partial charge >= 0.3 is 0 Å². The van der Waals surface area contributed by atoms with Crippen LogP contribution in [0.25, 0.3) is 0 Å². The number of guanidine groups is 1. The zero-order valence-corrected chi connectivity index (χ0v) is 16.1. The Hall–Kier alpha value is -3.47. The van der Waals surface area contributed by atoms with Crippen LogP contribution in [0.2, 0.25) is 0 Å². The first-order valence-electron chi connectivity index (χ1n) is 9.10. The van der Waals surface area contributed by atoms with Crippen LogP contribution in [0.4, 0.5) is 5.69 Å². The minimum atomic E-state index is 0.120. The van der Waals surface area contributed by atoms with Gasteiger partial charge in [0.1, 0.15) is 11.5 Å². The fourth-order valence-electron chi connectivity index (χ4n) is 3.05. The van der Waals surface area contributed by atoms with E-state index in [0.29, 0.717) is 29.7 Å². The van der Waals surface area contributed by atoms with Crippen LogP contribution in [0.5, 0.6) is 11.5 Å². The van der Waals surface area contributed by atoms with Gasteiger partial charge in [-0.05, 0) is 23.3 Å². The van der Waals surface area contributed by atoms with Crippen LogP contribution in [0, 0.1) is 0 Å². The van der Waals surface area contributed by atoms with Crippen LogP contribution in [0.3, 0.4) is 0 Å². The van der Waals surface area contributed by atoms with Crippen molar-refractivity contribution in [1.29, 1.82) is 0 Å². The van der Waals surface area contributed by atoms with E-state index in [1.165, 1.54) is 11.1 Å². The maximum atomic E-state index is 6.17. The number of hydrogen-bond donors (Lipinski definition) is 2. The monoisotopic (exact) mass is 375 g/mol. The first-order chi connectivity index (χ1) is 13.7. The molecule has 0 atom stereocenters. The van der Waals surface area contributed by atoms with Gasteiger partial charge in [0.2, 0.25) is 0 Å². The molecule has 0 heterocycles. The molecule has 0 aliphatic carbocycles. The highest BCUT2D eigenvalue weighted by Crippen LogP contribution is 2.29. The number of nitrogens with zero attached hydrogens (tertiary/aromatic N) is 1. The SMILES string of the molecule is COc1ccc(OC)c(NC(N)=NCC(c2ccccc2)c2ccccc2)c1. The summed E-state index contributed by atoms with van der Waals surface area (Å²) in [5.74, 6) is 1.82. The second-order valence-electron chi connectivity index (χ2n) is 6.29. The molecule has 0 saturated heterocycles. The predicted octanol–water partition coefficient (Wildman–Crippen LogP) is 4.26. The van der Waals surface area contributed by atoms with E-state index < -0.39 is 0 Å². The van der Waals surface area contributed by atoms with Crippen molar-refractivity contribution in [1.82, 2.24) is 0 Å². The molecule has 0 aliphatic rings. The van der Waals surface area contributed by atoms with E-state index in [9.17, 15) is 0 Å². The quantitative estimate of drug-likeness (QED) is 0.478. The number of methoxy groups -OCH3 is 2. The Balaban J connectivity index is 1.81. The first-order valence-corrected chi connectivity index (χ1v) is 9.10. The van der Waals surface area contributed by atoms with Crippen LogP contribution >= 0.6 is 0 Å². The summed E-state index contributed by atoms with van der Waals surface area (Å²) >= 11 is 0. The predicted molar refractivity (Wildman–Crippen MR) is 114 cm³/mol. The molecule has 0 fully saturated rings. The van der Waals surface area contributed by atoms with Crippen LogP contribution in [0.1, 0.15) is 17.0 Å². The molecule has 0 unspecified atom stereocenters. The molecule has 0 spiro atoms. The largest absolute Gasteiger partial charge is 0.497 e. The van der Waals surface area contributed by atoms with Crippen LogP contribution < -0.4 is 20.5 Å². The van der Waals surface area contributed by atoms with E-state index in [1.807, 2.05) is 54.6 Å². The Morgan fingerprint density at radius 2 is 1.50 bits per heavy atom. The number of rotatable bonds is 7. The van der Waals surface area contributed by atoms with Crippen LogP contribution in [-0.2, 0) is 0 Å². The second-order valence-corrected chi connectivity index (χ2v) is 6.29. The van der Waals surface area contributed by atoms with E-state index in [4.69, 9.17) is 15.2 Å². The molecule has 5 heteroatoms. The van der Waals surface area contributed by atoms with Gasteiger partial charge in [0, 0.05) is 12.0 Å². The number of anilines is 1. The van der Waals surface area contributed by atoms with Crippen molar-refractivity contribution in [3.63, 3.8) is 0 Å². The van der Waals surface area contributed by atoms with Crippen molar-refractivity contribution >= 4 is 11.6 Å². The van der Waals surface area contributed by atoms with Gasteiger partial charge < -0.3 is 20.5 Å². The van der Waals surface area contributed by atoms with Crippen molar-refractivity contribution < 1.29 is 9.47 Å². The molecule has 5 nitrogen and oxygen atoms in total. The highest BCUT2D eigenvalue weighted by molar-refractivity contribution is 5.94. The molecule has 0 aliphatic heterocycles. The standard InChI is InChI=1S/C23H25N3O2/c1-27-19-13-14-22(28-2)21(15-19)26-23(24)25-16-20(17-9-5-3-6-10-17)18-11-7-4-8-12-18/h3-15,20H,16H2,1-2H3,(H3,24,25,26). The van der Waals surface area contributed by atoms with E-state index in [1.54, 1.807) is 14.2 Å². The summed E-state index contributed by atoms with van der Waals surface area (Å²) in [6.07, 6.45) is 0. The van der Waals surface area contributed by atoms with Crippen molar-refractivity contribution in [2.75, 3.05) is 26.1 Å². The van der Waals surface area contributed by atoms with Gasteiger partial charge in [-0.15, -0.1) is 0 Å². The molecule has 3 aromatic rings. The molecular formula is C23H25N3O2. The maximum Gasteiger partial charge on any atom is 0.193 e. The normalized spacial score (nSPS) is 11.3. The van der Waals surface area contributed by atoms with Crippen molar-refractivity contribution in [3.8, 4) is 11.5 Å². The molecule has 3 rings (SSSR count). The fraction of sp³-hybridized carbons (Fsp3) is 0.174. The lowest BCUT2D eigenvalue weighted by atomic mass is 9.91. The third-order valence-electron chi connectivity index (χ3n) is 4.52. The lowest BCUT2D eigenvalue weighted by Crippen LogP contribution is -2.24. The summed E-state index contributed by atoms with van der Waals surface area (Å²) in [7, 11) is 3.23. The van der Waals surface area contributed by atoms with Crippen LogP contribution in [0.15, 0.2) is 83.9 Å². The third-order valence-corrected chi connectivity index (χ3v) is 4.52. The fourth-order valence-corrected chi connectivity index (χ4v) is 3.05. The molecule has 28 heavy (non-hydrogen) atoms. The average molecular weight is 375 g/mol. The molecule has 3 aromatic carbocycles. The smallest absolute Gasteiger partial charge is 0.193 e. The van der Waals surface area contributed by atoms with Gasteiger partial charge in [-0.3, -0.25) is 4.99 Å². The number of hydrogen-bond acceptors (Lipinski definition) is 3. The minimum Gasteiger partial charge on any atom is -0.497 e. The Morgan fingerprint density at radius 1 is 0.893 bits per heavy atom. The maximum absolute atomic E-state index is 6.17. The summed E-state index contributed by atoms with van der Waals surface area (Å²) in [4.78, 5) is 4.59. The molecule has 3 N–H and O–H groups in total. The minimum absolute atomic E-state index is 0.120. The number of aliphatic imine (C=N–C) groups is 1. The van der Waals surface area contributed by atoms with E-state index in [-0.39, 0.29) is 5.92 Å². The highest BCUT2D eigenvalue weighted by Gasteiger charge is 2.14. The summed E-state index contributed by atoms with van der Waals surface area (Å²) in [5, 5.41) is 3.12. The molecule has 0 radical (unpaired) electrons. The Bertz CT molecular complexity index is 872. The zero-order chi connectivity index (χ0) is 19.8. The Labute approximate surface area is 165 Å². The number of nitrogens with one attached hydrogen (secondary N) is 1. The van der Waals surface area contributed by atoms with Gasteiger partial charge in [0.25, 0.3) is 0 Å². The Kier molecular flexibility index (Phi) is 6.52.